The Morgan fingerprint density at radius 1 is 0.818 bits per heavy atom. The van der Waals surface area contributed by atoms with Gasteiger partial charge in [0.1, 0.15) is 12.1 Å². The first-order chi connectivity index (χ1) is 10.8. The molecule has 0 unspecified atom stereocenters. The molecule has 0 aliphatic carbocycles. The van der Waals surface area contributed by atoms with Crippen LogP contribution in [0.4, 0.5) is 11.5 Å². The number of aromatic nitrogens is 2. The van der Waals surface area contributed by atoms with Gasteiger partial charge in [-0.25, -0.2) is 9.97 Å². The summed E-state index contributed by atoms with van der Waals surface area (Å²) >= 11 is 0. The summed E-state index contributed by atoms with van der Waals surface area (Å²) < 4.78 is 0. The molecule has 2 aromatic carbocycles. The molecule has 0 fully saturated rings. The Morgan fingerprint density at radius 2 is 1.50 bits per heavy atom. The van der Waals surface area contributed by atoms with Crippen LogP contribution in [0.5, 0.6) is 0 Å². The number of rotatable bonds is 2. The molecule has 0 amide bonds. The maximum Gasteiger partial charge on any atom is 0.141 e. The predicted molar refractivity (Wildman–Crippen MR) is 96.7 cm³/mol. The smallest absolute Gasteiger partial charge is 0.141 e. The van der Waals surface area contributed by atoms with Crippen LogP contribution in [-0.2, 0) is 0 Å². The molecule has 0 aliphatic heterocycles. The van der Waals surface area contributed by atoms with E-state index in [1.165, 1.54) is 5.56 Å². The lowest BCUT2D eigenvalue weighted by molar-refractivity contribution is 1.21. The third kappa shape index (κ3) is 4.55. The lowest BCUT2D eigenvalue weighted by atomic mass is 10.1. The molecular weight excluding hydrogens is 270 g/mol. The van der Waals surface area contributed by atoms with Crippen molar-refractivity contribution in [1.29, 1.82) is 0 Å². The minimum absolute atomic E-state index is 0.843. The number of hydrogen-bond acceptors (Lipinski definition) is 3. The summed E-state index contributed by atoms with van der Waals surface area (Å²) in [6.07, 6.45) is 1.59. The first-order valence-electron chi connectivity index (χ1n) is 7.86. The summed E-state index contributed by atoms with van der Waals surface area (Å²) in [7, 11) is 0. The van der Waals surface area contributed by atoms with Gasteiger partial charge in [-0.05, 0) is 31.2 Å². The van der Waals surface area contributed by atoms with E-state index in [9.17, 15) is 0 Å². The fraction of sp³-hybridized carbons (Fsp3) is 0.263. The van der Waals surface area contributed by atoms with Gasteiger partial charge in [0, 0.05) is 11.1 Å². The zero-order valence-electron chi connectivity index (χ0n) is 14.1. The maximum atomic E-state index is 4.32. The Labute approximate surface area is 133 Å². The van der Waals surface area contributed by atoms with E-state index in [-0.39, 0.29) is 0 Å². The van der Waals surface area contributed by atoms with Gasteiger partial charge in [0.15, 0.2) is 0 Å². The third-order valence-electron chi connectivity index (χ3n) is 2.83. The monoisotopic (exact) mass is 295 g/mol. The van der Waals surface area contributed by atoms with Crippen molar-refractivity contribution in [2.45, 2.75) is 34.6 Å². The van der Waals surface area contributed by atoms with Crippen LogP contribution in [-0.4, -0.2) is 9.97 Å². The van der Waals surface area contributed by atoms with Gasteiger partial charge >= 0.3 is 0 Å². The summed E-state index contributed by atoms with van der Waals surface area (Å²) in [6.45, 7) is 10.1. The predicted octanol–water partition coefficient (Wildman–Crippen LogP) is 5.73. The quantitative estimate of drug-likeness (QED) is 0.655. The average molecular weight is 295 g/mol. The van der Waals surface area contributed by atoms with E-state index in [0.29, 0.717) is 0 Å². The highest BCUT2D eigenvalue weighted by molar-refractivity contribution is 5.90. The van der Waals surface area contributed by atoms with E-state index in [2.05, 4.69) is 34.3 Å². The van der Waals surface area contributed by atoms with Crippen LogP contribution in [0, 0.1) is 6.92 Å². The molecule has 0 saturated heterocycles. The van der Waals surface area contributed by atoms with Crippen molar-refractivity contribution in [2.24, 2.45) is 0 Å². The topological polar surface area (TPSA) is 37.8 Å². The molecule has 0 aliphatic rings. The normalized spacial score (nSPS) is 9.14. The summed E-state index contributed by atoms with van der Waals surface area (Å²) in [4.78, 5) is 8.59. The molecule has 0 radical (unpaired) electrons. The number of hydrogen-bond donors (Lipinski definition) is 1. The molecule has 116 valence electrons. The van der Waals surface area contributed by atoms with E-state index in [1.807, 2.05) is 64.1 Å². The van der Waals surface area contributed by atoms with Crippen molar-refractivity contribution in [3.63, 3.8) is 0 Å². The molecule has 1 N–H and O–H groups in total. The molecule has 3 nitrogen and oxygen atoms in total. The van der Waals surface area contributed by atoms with Gasteiger partial charge < -0.3 is 5.32 Å². The van der Waals surface area contributed by atoms with Crippen molar-refractivity contribution in [1.82, 2.24) is 9.97 Å². The molecule has 0 bridgehead atoms. The summed E-state index contributed by atoms with van der Waals surface area (Å²) in [6, 6.07) is 16.2. The number of nitrogens with zero attached hydrogens (tertiary/aromatic N) is 2. The van der Waals surface area contributed by atoms with E-state index in [4.69, 9.17) is 0 Å². The Morgan fingerprint density at radius 3 is 2.18 bits per heavy atom. The first kappa shape index (κ1) is 17.6. The summed E-state index contributed by atoms with van der Waals surface area (Å²) in [5.41, 5.74) is 3.18. The Hall–Kier alpha value is -2.42. The molecule has 1 heterocycles. The standard InChI is InChI=1S/C15H13N3.2C2H6/c1-11-7-8-14-13(9-11)15(17-10-16-14)18-12-5-3-2-4-6-12;2*1-2/h2-10H,1H3,(H,16,17,18);2*1-2H3. The van der Waals surface area contributed by atoms with E-state index >= 15 is 0 Å². The molecule has 0 atom stereocenters. The van der Waals surface area contributed by atoms with Crippen LogP contribution in [0.1, 0.15) is 33.3 Å². The average Bonchev–Trinajstić information content (AvgIpc) is 2.60. The Bertz CT molecular complexity index is 679. The highest BCUT2D eigenvalue weighted by atomic mass is 15.0. The maximum absolute atomic E-state index is 4.32. The number of fused-ring (bicyclic) bond motifs is 1. The second kappa shape index (κ2) is 9.50. The number of nitrogens with one attached hydrogen (secondary N) is 1. The number of aryl methyl sites for hydroxylation is 1. The van der Waals surface area contributed by atoms with Crippen LogP contribution < -0.4 is 5.32 Å². The van der Waals surface area contributed by atoms with Gasteiger partial charge in [-0.1, -0.05) is 57.5 Å². The van der Waals surface area contributed by atoms with Gasteiger partial charge in [0.25, 0.3) is 0 Å². The van der Waals surface area contributed by atoms with E-state index < -0.39 is 0 Å². The molecule has 0 saturated carbocycles. The molecule has 3 heteroatoms. The van der Waals surface area contributed by atoms with Crippen LogP contribution in [0.25, 0.3) is 10.9 Å². The Kier molecular flexibility index (Phi) is 7.62. The molecule has 3 rings (SSSR count). The van der Waals surface area contributed by atoms with Crippen molar-refractivity contribution in [2.75, 3.05) is 5.32 Å². The van der Waals surface area contributed by atoms with Gasteiger partial charge in [-0.3, -0.25) is 0 Å². The molecule has 0 spiro atoms. The minimum atomic E-state index is 0.843. The van der Waals surface area contributed by atoms with Gasteiger partial charge in [-0.2, -0.15) is 0 Å². The molecular formula is C19H25N3. The second-order valence-electron chi connectivity index (χ2n) is 4.23. The van der Waals surface area contributed by atoms with Gasteiger partial charge in [0.05, 0.1) is 5.52 Å². The highest BCUT2D eigenvalue weighted by Crippen LogP contribution is 2.23. The third-order valence-corrected chi connectivity index (χ3v) is 2.83. The van der Waals surface area contributed by atoms with Gasteiger partial charge in [-0.15, -0.1) is 0 Å². The second-order valence-corrected chi connectivity index (χ2v) is 4.23. The lowest BCUT2D eigenvalue weighted by Gasteiger charge is -2.08. The molecule has 3 aromatic rings. The van der Waals surface area contributed by atoms with E-state index in [0.717, 1.165) is 22.4 Å². The number of anilines is 2. The van der Waals surface area contributed by atoms with Crippen LogP contribution in [0.15, 0.2) is 54.9 Å². The van der Waals surface area contributed by atoms with Crippen LogP contribution in [0.3, 0.4) is 0 Å². The number of para-hydroxylation sites is 1. The minimum Gasteiger partial charge on any atom is -0.340 e. The van der Waals surface area contributed by atoms with E-state index in [1.54, 1.807) is 6.33 Å². The number of benzene rings is 2. The van der Waals surface area contributed by atoms with Crippen molar-refractivity contribution >= 4 is 22.4 Å². The van der Waals surface area contributed by atoms with Crippen LogP contribution >= 0.6 is 0 Å². The highest BCUT2D eigenvalue weighted by Gasteiger charge is 2.03. The lowest BCUT2D eigenvalue weighted by Crippen LogP contribution is -1.95. The van der Waals surface area contributed by atoms with Crippen LogP contribution in [0.2, 0.25) is 0 Å². The molecule has 1 aromatic heterocycles. The fourth-order valence-electron chi connectivity index (χ4n) is 1.93. The molecule has 22 heavy (non-hydrogen) atoms. The zero-order chi connectivity index (χ0) is 16.4. The largest absolute Gasteiger partial charge is 0.340 e. The van der Waals surface area contributed by atoms with Crippen molar-refractivity contribution in [3.05, 3.63) is 60.4 Å². The first-order valence-corrected chi connectivity index (χ1v) is 7.86. The van der Waals surface area contributed by atoms with Crippen molar-refractivity contribution < 1.29 is 0 Å². The zero-order valence-corrected chi connectivity index (χ0v) is 14.1. The summed E-state index contributed by atoms with van der Waals surface area (Å²) in [5, 5.41) is 4.37. The van der Waals surface area contributed by atoms with Crippen molar-refractivity contribution in [3.8, 4) is 0 Å². The SMILES string of the molecule is CC.CC.Cc1ccc2ncnc(Nc3ccccc3)c2c1. The summed E-state index contributed by atoms with van der Waals surface area (Å²) in [5.74, 6) is 0.843. The Balaban J connectivity index is 0.000000561. The van der Waals surface area contributed by atoms with Gasteiger partial charge in [0.2, 0.25) is 0 Å². The fourth-order valence-corrected chi connectivity index (χ4v) is 1.93.